The van der Waals surface area contributed by atoms with E-state index in [-0.39, 0.29) is 10.8 Å². The van der Waals surface area contributed by atoms with E-state index in [9.17, 15) is 0 Å². The first-order valence-corrected chi connectivity index (χ1v) is 21.6. The van der Waals surface area contributed by atoms with Gasteiger partial charge in [0.15, 0.2) is 5.82 Å². The molecule has 0 fully saturated rings. The highest BCUT2D eigenvalue weighted by Crippen LogP contribution is 2.39. The molecule has 0 N–H and O–H groups in total. The number of nitrogens with zero attached hydrogens (tertiary/aromatic N) is 5. The summed E-state index contributed by atoms with van der Waals surface area (Å²) in [6.07, 6.45) is 3.84. The SMILES string of the molecule is CC(C)(C)c1ccc(-c2cc(-n3c4ccccc4c4ccc(Oc5cccc(-c6ncn(-c7cc(-c8ccccc8)cc(-c8ccccc8)c7)n6)c5)cc43)ncc2C(C)(C)C)cc1. The molecular formula is C57H49N5O. The normalized spacial score (nSPS) is 12.0. The minimum absolute atomic E-state index is 0.0719. The van der Waals surface area contributed by atoms with Crippen molar-refractivity contribution in [1.29, 1.82) is 0 Å². The summed E-state index contributed by atoms with van der Waals surface area (Å²) in [5.41, 5.74) is 13.2. The molecule has 3 aromatic heterocycles. The Labute approximate surface area is 369 Å². The predicted octanol–water partition coefficient (Wildman–Crippen LogP) is 14.8. The van der Waals surface area contributed by atoms with Crippen molar-refractivity contribution in [3.63, 3.8) is 0 Å². The van der Waals surface area contributed by atoms with Gasteiger partial charge in [-0.05, 0) is 110 Å². The topological polar surface area (TPSA) is 57.8 Å². The van der Waals surface area contributed by atoms with Crippen LogP contribution in [0, 0.1) is 0 Å². The zero-order valence-corrected chi connectivity index (χ0v) is 36.5. The Morgan fingerprint density at radius 3 is 1.78 bits per heavy atom. The van der Waals surface area contributed by atoms with E-state index in [1.165, 1.54) is 22.3 Å². The second-order valence-electron chi connectivity index (χ2n) is 18.3. The molecule has 63 heavy (non-hydrogen) atoms. The molecule has 0 amide bonds. The Hall–Kier alpha value is -7.57. The van der Waals surface area contributed by atoms with Crippen LogP contribution in [0.3, 0.4) is 0 Å². The molecular weight excluding hydrogens is 771 g/mol. The van der Waals surface area contributed by atoms with Crippen LogP contribution in [0.4, 0.5) is 0 Å². The standard InChI is InChI=1S/C57H49N5O/c1-56(2,3)44-26-24-40(25-27-44)50-35-54(58-36-51(50)57(4,5)6)62-52-23-14-13-22-48(52)49-29-28-47(34-53(49)62)63-46-21-15-20-41(33-46)55-59-37-61(60-55)45-31-42(38-16-9-7-10-17-38)30-43(32-45)39-18-11-8-12-19-39/h7-37H,1-6H3. The smallest absolute Gasteiger partial charge is 0.181 e. The molecule has 6 heteroatoms. The van der Waals surface area contributed by atoms with Crippen molar-refractivity contribution in [3.8, 4) is 67.8 Å². The zero-order valence-electron chi connectivity index (χ0n) is 36.5. The number of aromatic nitrogens is 5. The molecule has 0 bridgehead atoms. The molecule has 10 aromatic rings. The van der Waals surface area contributed by atoms with Gasteiger partial charge in [-0.1, -0.05) is 157 Å². The van der Waals surface area contributed by atoms with Crippen molar-refractivity contribution in [2.75, 3.05) is 0 Å². The molecule has 0 atom stereocenters. The first-order chi connectivity index (χ1) is 30.5. The fraction of sp³-hybridized carbons (Fsp3) is 0.140. The number of hydrogen-bond donors (Lipinski definition) is 0. The quantitative estimate of drug-likeness (QED) is 0.153. The van der Waals surface area contributed by atoms with Gasteiger partial charge in [0.2, 0.25) is 0 Å². The molecule has 10 rings (SSSR count). The summed E-state index contributed by atoms with van der Waals surface area (Å²) in [4.78, 5) is 9.94. The number of fused-ring (bicyclic) bond motifs is 3. The Morgan fingerprint density at radius 1 is 0.460 bits per heavy atom. The third-order valence-electron chi connectivity index (χ3n) is 11.9. The van der Waals surface area contributed by atoms with E-state index < -0.39 is 0 Å². The Kier molecular flexibility index (Phi) is 9.87. The van der Waals surface area contributed by atoms with E-state index in [2.05, 4.69) is 186 Å². The maximum absolute atomic E-state index is 6.66. The highest BCUT2D eigenvalue weighted by atomic mass is 16.5. The van der Waals surface area contributed by atoms with Crippen molar-refractivity contribution in [2.45, 2.75) is 52.4 Å². The molecule has 3 heterocycles. The van der Waals surface area contributed by atoms with E-state index in [4.69, 9.17) is 19.8 Å². The van der Waals surface area contributed by atoms with Gasteiger partial charge in [-0.3, -0.25) is 4.57 Å². The molecule has 0 saturated carbocycles. The van der Waals surface area contributed by atoms with E-state index in [0.29, 0.717) is 11.6 Å². The van der Waals surface area contributed by atoms with E-state index >= 15 is 0 Å². The molecule has 6 nitrogen and oxygen atoms in total. The fourth-order valence-electron chi connectivity index (χ4n) is 8.51. The lowest BCUT2D eigenvalue weighted by molar-refractivity contribution is 0.483. The Bertz CT molecular complexity index is 3200. The number of hydrogen-bond acceptors (Lipinski definition) is 4. The molecule has 0 spiro atoms. The van der Waals surface area contributed by atoms with Gasteiger partial charge in [0.25, 0.3) is 0 Å². The summed E-state index contributed by atoms with van der Waals surface area (Å²) in [5.74, 6) is 2.88. The van der Waals surface area contributed by atoms with Crippen LogP contribution >= 0.6 is 0 Å². The molecule has 0 aliphatic heterocycles. The lowest BCUT2D eigenvalue weighted by Gasteiger charge is -2.24. The van der Waals surface area contributed by atoms with Crippen molar-refractivity contribution in [3.05, 3.63) is 200 Å². The lowest BCUT2D eigenvalue weighted by Crippen LogP contribution is -2.14. The Balaban J connectivity index is 0.998. The zero-order chi connectivity index (χ0) is 43.3. The Morgan fingerprint density at radius 2 is 1.10 bits per heavy atom. The highest BCUT2D eigenvalue weighted by molar-refractivity contribution is 6.09. The van der Waals surface area contributed by atoms with Crippen LogP contribution in [0.1, 0.15) is 52.7 Å². The number of rotatable bonds is 8. The van der Waals surface area contributed by atoms with Crippen LogP contribution in [0.15, 0.2) is 188 Å². The van der Waals surface area contributed by atoms with Crippen molar-refractivity contribution in [1.82, 2.24) is 24.3 Å². The summed E-state index contributed by atoms with van der Waals surface area (Å²) in [6, 6.07) is 61.5. The molecule has 308 valence electrons. The number of benzene rings is 7. The molecule has 0 radical (unpaired) electrons. The summed E-state index contributed by atoms with van der Waals surface area (Å²) < 4.78 is 10.8. The minimum Gasteiger partial charge on any atom is -0.457 e. The highest BCUT2D eigenvalue weighted by Gasteiger charge is 2.23. The third-order valence-corrected chi connectivity index (χ3v) is 11.9. The van der Waals surface area contributed by atoms with Crippen LogP contribution in [0.25, 0.3) is 78.1 Å². The average Bonchev–Trinajstić information content (AvgIpc) is 3.93. The monoisotopic (exact) mass is 819 g/mol. The van der Waals surface area contributed by atoms with Gasteiger partial charge in [-0.2, -0.15) is 0 Å². The summed E-state index contributed by atoms with van der Waals surface area (Å²) in [7, 11) is 0. The van der Waals surface area contributed by atoms with Crippen LogP contribution in [-0.4, -0.2) is 24.3 Å². The molecule has 7 aromatic carbocycles. The molecule has 0 aliphatic carbocycles. The first-order valence-electron chi connectivity index (χ1n) is 21.6. The van der Waals surface area contributed by atoms with Gasteiger partial charge in [0.1, 0.15) is 23.6 Å². The summed E-state index contributed by atoms with van der Waals surface area (Å²) >= 11 is 0. The number of ether oxygens (including phenoxy) is 1. The number of para-hydroxylation sites is 1. The third kappa shape index (κ3) is 7.81. The second kappa shape index (κ2) is 15.7. The average molecular weight is 820 g/mol. The maximum atomic E-state index is 6.66. The van der Waals surface area contributed by atoms with E-state index in [1.807, 2.05) is 47.1 Å². The fourth-order valence-corrected chi connectivity index (χ4v) is 8.51. The van der Waals surface area contributed by atoms with Crippen molar-refractivity contribution >= 4 is 21.8 Å². The van der Waals surface area contributed by atoms with E-state index in [1.54, 1.807) is 6.33 Å². The lowest BCUT2D eigenvalue weighted by atomic mass is 9.81. The predicted molar refractivity (Wildman–Crippen MR) is 259 cm³/mol. The van der Waals surface area contributed by atoms with Crippen LogP contribution in [0.2, 0.25) is 0 Å². The summed E-state index contributed by atoms with van der Waals surface area (Å²) in [6.45, 7) is 13.5. The second-order valence-corrected chi connectivity index (χ2v) is 18.3. The summed E-state index contributed by atoms with van der Waals surface area (Å²) in [5, 5.41) is 7.27. The van der Waals surface area contributed by atoms with Crippen molar-refractivity contribution < 1.29 is 4.74 Å². The van der Waals surface area contributed by atoms with Gasteiger partial charge < -0.3 is 4.74 Å². The molecule has 0 unspecified atom stereocenters. The molecule has 0 aliphatic rings. The largest absolute Gasteiger partial charge is 0.457 e. The van der Waals surface area contributed by atoms with Crippen LogP contribution in [-0.2, 0) is 10.8 Å². The van der Waals surface area contributed by atoms with Crippen LogP contribution < -0.4 is 4.74 Å². The van der Waals surface area contributed by atoms with Gasteiger partial charge >= 0.3 is 0 Å². The van der Waals surface area contributed by atoms with Gasteiger partial charge in [-0.25, -0.2) is 14.6 Å². The first kappa shape index (κ1) is 39.6. The van der Waals surface area contributed by atoms with Crippen molar-refractivity contribution in [2.24, 2.45) is 0 Å². The van der Waals surface area contributed by atoms with Gasteiger partial charge in [0, 0.05) is 28.6 Å². The maximum Gasteiger partial charge on any atom is 0.181 e. The minimum atomic E-state index is -0.104. The van der Waals surface area contributed by atoms with Crippen LogP contribution in [0.5, 0.6) is 11.5 Å². The van der Waals surface area contributed by atoms with E-state index in [0.717, 1.165) is 66.9 Å². The van der Waals surface area contributed by atoms with Gasteiger partial charge in [-0.15, -0.1) is 5.10 Å². The molecule has 0 saturated heterocycles. The number of pyridine rings is 1. The van der Waals surface area contributed by atoms with Gasteiger partial charge in [0.05, 0.1) is 16.7 Å².